The molecule has 1 atom stereocenters. The summed E-state index contributed by atoms with van der Waals surface area (Å²) in [6, 6.07) is 12.3. The molecular formula is C24H20F2N4O4. The predicted molar refractivity (Wildman–Crippen MR) is 121 cm³/mol. The van der Waals surface area contributed by atoms with Crippen molar-refractivity contribution < 1.29 is 28.2 Å². The summed E-state index contributed by atoms with van der Waals surface area (Å²) in [6.07, 6.45) is 1.35. The maximum Gasteiger partial charge on any atom is 0.394 e. The van der Waals surface area contributed by atoms with Crippen molar-refractivity contribution in [2.45, 2.75) is 26.0 Å². The Bertz CT molecular complexity index is 1320. The second-order valence-electron chi connectivity index (χ2n) is 7.51. The largest absolute Gasteiger partial charge is 0.477 e. The van der Waals surface area contributed by atoms with Crippen molar-refractivity contribution in [2.24, 2.45) is 0 Å². The predicted octanol–water partition coefficient (Wildman–Crippen LogP) is 5.68. The number of rotatable bonds is 8. The summed E-state index contributed by atoms with van der Waals surface area (Å²) in [6.45, 7) is 2.53. The number of benzene rings is 1. The second-order valence-corrected chi connectivity index (χ2v) is 7.51. The van der Waals surface area contributed by atoms with Gasteiger partial charge in [-0.3, -0.25) is 0 Å². The van der Waals surface area contributed by atoms with E-state index >= 15 is 0 Å². The molecular weight excluding hydrogens is 446 g/mol. The van der Waals surface area contributed by atoms with E-state index in [9.17, 15) is 13.6 Å². The molecule has 0 bridgehead atoms. The Balaban J connectivity index is 1.64. The van der Waals surface area contributed by atoms with Crippen LogP contribution >= 0.6 is 0 Å². The molecule has 4 rings (SSSR count). The maximum atomic E-state index is 13.2. The summed E-state index contributed by atoms with van der Waals surface area (Å²) < 4.78 is 37.0. The van der Waals surface area contributed by atoms with E-state index in [1.807, 2.05) is 6.92 Å². The van der Waals surface area contributed by atoms with Gasteiger partial charge in [-0.1, -0.05) is 12.1 Å². The molecule has 0 aliphatic rings. The Kier molecular flexibility index (Phi) is 6.22. The van der Waals surface area contributed by atoms with Gasteiger partial charge in [0.2, 0.25) is 5.88 Å². The van der Waals surface area contributed by atoms with E-state index in [1.165, 1.54) is 30.5 Å². The van der Waals surface area contributed by atoms with Crippen molar-refractivity contribution in [3.63, 3.8) is 0 Å². The molecule has 1 unspecified atom stereocenters. The number of carbonyl (C=O) groups is 1. The number of halogens is 2. The van der Waals surface area contributed by atoms with Gasteiger partial charge in [-0.2, -0.15) is 8.78 Å². The van der Waals surface area contributed by atoms with Crippen molar-refractivity contribution in [2.75, 3.05) is 5.32 Å². The van der Waals surface area contributed by atoms with Gasteiger partial charge in [-0.05, 0) is 48.2 Å². The van der Waals surface area contributed by atoms with Gasteiger partial charge in [-0.15, -0.1) is 0 Å². The van der Waals surface area contributed by atoms with Gasteiger partial charge in [-0.25, -0.2) is 19.7 Å². The highest BCUT2D eigenvalue weighted by Gasteiger charge is 2.23. The molecule has 0 spiro atoms. The number of carboxylic acids is 1. The van der Waals surface area contributed by atoms with E-state index in [0.29, 0.717) is 18.1 Å². The molecule has 174 valence electrons. The van der Waals surface area contributed by atoms with E-state index in [-0.39, 0.29) is 29.1 Å². The fraction of sp³-hybridized carbons (Fsp3) is 0.167. The molecule has 0 amide bonds. The number of pyridine rings is 3. The minimum atomic E-state index is -3.33. The van der Waals surface area contributed by atoms with E-state index in [2.05, 4.69) is 25.0 Å². The average molecular weight is 466 g/mol. The number of hydrogen-bond donors (Lipinski definition) is 2. The van der Waals surface area contributed by atoms with Crippen molar-refractivity contribution in [1.29, 1.82) is 0 Å². The fourth-order valence-electron chi connectivity index (χ4n) is 3.27. The first-order valence-corrected chi connectivity index (χ1v) is 10.2. The van der Waals surface area contributed by atoms with Crippen LogP contribution in [0, 0.1) is 0 Å². The number of hydrogen-bond acceptors (Lipinski definition) is 7. The molecule has 3 aromatic heterocycles. The van der Waals surface area contributed by atoms with E-state index in [0.717, 1.165) is 10.9 Å². The summed E-state index contributed by atoms with van der Waals surface area (Å²) in [7, 11) is 0. The lowest BCUT2D eigenvalue weighted by Gasteiger charge is -2.18. The van der Waals surface area contributed by atoms with Crippen LogP contribution in [0.3, 0.4) is 0 Å². The first-order valence-electron chi connectivity index (χ1n) is 10.2. The van der Waals surface area contributed by atoms with Crippen LogP contribution in [0.15, 0.2) is 67.1 Å². The zero-order valence-electron chi connectivity index (χ0n) is 18.2. The number of fused-ring (bicyclic) bond motifs is 1. The van der Waals surface area contributed by atoms with Crippen LogP contribution in [0.1, 0.15) is 35.9 Å². The Morgan fingerprint density at radius 1 is 1.06 bits per heavy atom. The van der Waals surface area contributed by atoms with Gasteiger partial charge in [0.15, 0.2) is 0 Å². The molecule has 4 aromatic rings. The fourth-order valence-corrected chi connectivity index (χ4v) is 3.27. The third-order valence-electron chi connectivity index (χ3n) is 4.82. The number of aromatic carboxylic acids is 1. The Morgan fingerprint density at radius 3 is 2.47 bits per heavy atom. The molecule has 0 radical (unpaired) electrons. The summed E-state index contributed by atoms with van der Waals surface area (Å²) in [5, 5.41) is 13.7. The third-order valence-corrected chi connectivity index (χ3v) is 4.82. The molecule has 34 heavy (non-hydrogen) atoms. The number of nitrogens with zero attached hydrogens (tertiary/aromatic N) is 3. The Labute approximate surface area is 193 Å². The first kappa shape index (κ1) is 22.8. The van der Waals surface area contributed by atoms with Crippen LogP contribution in [-0.4, -0.2) is 32.1 Å². The molecule has 2 N–H and O–H groups in total. The highest BCUT2D eigenvalue weighted by atomic mass is 19.3. The SMILES string of the molecule is CC(Nc1nccc2ccnc(Oc3cccc(OC(C)(F)F)c3)c12)c1ccc(C(=O)O)nc1. The lowest BCUT2D eigenvalue weighted by Crippen LogP contribution is -2.18. The molecule has 0 fully saturated rings. The third kappa shape index (κ3) is 5.34. The molecule has 1 aromatic carbocycles. The number of anilines is 1. The van der Waals surface area contributed by atoms with Crippen LogP contribution < -0.4 is 14.8 Å². The van der Waals surface area contributed by atoms with Gasteiger partial charge in [0, 0.05) is 31.6 Å². The second kappa shape index (κ2) is 9.26. The maximum absolute atomic E-state index is 13.2. The first-order chi connectivity index (χ1) is 16.2. The lowest BCUT2D eigenvalue weighted by molar-refractivity contribution is -0.159. The van der Waals surface area contributed by atoms with Gasteiger partial charge in [0.25, 0.3) is 0 Å². The standard InChI is InChI=1S/C24H20F2N4O4/c1-14(16-6-7-19(23(31)32)29-13-16)30-21-20-15(8-10-27-21)9-11-28-22(20)33-17-4-3-5-18(12-17)34-24(2,25)26/h3-14H,1-2H3,(H,27,30)(H,31,32). The molecule has 3 heterocycles. The van der Waals surface area contributed by atoms with Gasteiger partial charge >= 0.3 is 12.1 Å². The topological polar surface area (TPSA) is 106 Å². The van der Waals surface area contributed by atoms with Crippen molar-refractivity contribution >= 4 is 22.6 Å². The van der Waals surface area contributed by atoms with E-state index in [4.69, 9.17) is 9.84 Å². The Hall–Kier alpha value is -4.34. The molecule has 10 heteroatoms. The molecule has 0 aliphatic heterocycles. The molecule has 0 saturated heterocycles. The van der Waals surface area contributed by atoms with Crippen LogP contribution in [-0.2, 0) is 0 Å². The number of alkyl halides is 2. The number of aromatic nitrogens is 3. The zero-order valence-corrected chi connectivity index (χ0v) is 18.2. The minimum absolute atomic E-state index is 0.0485. The van der Waals surface area contributed by atoms with Crippen LogP contribution in [0.4, 0.5) is 14.6 Å². The molecule has 0 aliphatic carbocycles. The van der Waals surface area contributed by atoms with Crippen molar-refractivity contribution in [1.82, 2.24) is 15.0 Å². The normalized spacial score (nSPS) is 12.2. The van der Waals surface area contributed by atoms with E-state index < -0.39 is 12.1 Å². The Morgan fingerprint density at radius 2 is 1.79 bits per heavy atom. The van der Waals surface area contributed by atoms with Crippen LogP contribution in [0.2, 0.25) is 0 Å². The number of carboxylic acid groups (broad SMARTS) is 1. The highest BCUT2D eigenvalue weighted by Crippen LogP contribution is 2.35. The number of nitrogens with one attached hydrogen (secondary N) is 1. The zero-order chi connectivity index (χ0) is 24.3. The van der Waals surface area contributed by atoms with Gasteiger partial charge in [0.1, 0.15) is 23.0 Å². The van der Waals surface area contributed by atoms with Gasteiger partial charge in [0.05, 0.1) is 11.4 Å². The lowest BCUT2D eigenvalue weighted by atomic mass is 10.1. The summed E-state index contributed by atoms with van der Waals surface area (Å²) >= 11 is 0. The highest BCUT2D eigenvalue weighted by molar-refractivity contribution is 5.96. The molecule has 8 nitrogen and oxygen atoms in total. The van der Waals surface area contributed by atoms with Crippen molar-refractivity contribution in [3.8, 4) is 17.4 Å². The average Bonchev–Trinajstić information content (AvgIpc) is 2.78. The van der Waals surface area contributed by atoms with E-state index in [1.54, 1.807) is 36.7 Å². The summed E-state index contributed by atoms with van der Waals surface area (Å²) in [5.74, 6) is -0.193. The smallest absolute Gasteiger partial charge is 0.394 e. The summed E-state index contributed by atoms with van der Waals surface area (Å²) in [4.78, 5) is 23.7. The van der Waals surface area contributed by atoms with Crippen molar-refractivity contribution in [3.05, 3.63) is 78.4 Å². The quantitative estimate of drug-likeness (QED) is 0.342. The molecule has 0 saturated carbocycles. The minimum Gasteiger partial charge on any atom is -0.477 e. The van der Waals surface area contributed by atoms with Crippen LogP contribution in [0.25, 0.3) is 10.8 Å². The monoisotopic (exact) mass is 466 g/mol. The van der Waals surface area contributed by atoms with Crippen LogP contribution in [0.5, 0.6) is 17.4 Å². The van der Waals surface area contributed by atoms with Gasteiger partial charge < -0.3 is 19.9 Å². The summed E-state index contributed by atoms with van der Waals surface area (Å²) in [5.41, 5.74) is 0.701. The number of ether oxygens (including phenoxy) is 2.